The van der Waals surface area contributed by atoms with Gasteiger partial charge in [0.25, 0.3) is 0 Å². The highest BCUT2D eigenvalue weighted by molar-refractivity contribution is 5.44. The fourth-order valence-corrected chi connectivity index (χ4v) is 0.821. The molecule has 0 radical (unpaired) electrons. The summed E-state index contributed by atoms with van der Waals surface area (Å²) in [5.41, 5.74) is 2.28. The molecule has 0 aromatic carbocycles. The average Bonchev–Trinajstić information content (AvgIpc) is 1.88. The molecule has 0 aliphatic heterocycles. The van der Waals surface area contributed by atoms with E-state index < -0.39 is 0 Å². The molecule has 1 heteroatoms. The van der Waals surface area contributed by atoms with Gasteiger partial charge in [0.15, 0.2) is 0 Å². The molecule has 0 aliphatic carbocycles. The van der Waals surface area contributed by atoms with Crippen molar-refractivity contribution in [2.45, 2.75) is 13.8 Å². The van der Waals surface area contributed by atoms with E-state index in [1.165, 1.54) is 5.56 Å². The molecule has 0 bridgehead atoms. The van der Waals surface area contributed by atoms with Crippen LogP contribution in [0.1, 0.15) is 18.2 Å². The molecule has 1 aromatic rings. The number of allylic oxidation sites excluding steroid dienone is 1. The van der Waals surface area contributed by atoms with E-state index in [-0.39, 0.29) is 0 Å². The summed E-state index contributed by atoms with van der Waals surface area (Å²) in [5, 5.41) is 0. The first-order valence-electron chi connectivity index (χ1n) is 3.38. The largest absolute Gasteiger partial charge is 0.257 e. The van der Waals surface area contributed by atoms with Crippen LogP contribution in [0.4, 0.5) is 0 Å². The third-order valence-corrected chi connectivity index (χ3v) is 1.27. The van der Waals surface area contributed by atoms with Crippen LogP contribution < -0.4 is 0 Å². The highest BCUT2D eigenvalue weighted by Crippen LogP contribution is 2.00. The molecule has 10 heavy (non-hydrogen) atoms. The van der Waals surface area contributed by atoms with Gasteiger partial charge in [0, 0.05) is 6.20 Å². The molecule has 1 nitrogen and oxygen atoms in total. The van der Waals surface area contributed by atoms with Crippen LogP contribution in [0, 0.1) is 6.92 Å². The Morgan fingerprint density at radius 3 is 2.90 bits per heavy atom. The highest BCUT2D eigenvalue weighted by Gasteiger charge is 1.85. The number of hydrogen-bond acceptors (Lipinski definition) is 1. The zero-order valence-electron chi connectivity index (χ0n) is 6.33. The molecule has 0 atom stereocenters. The van der Waals surface area contributed by atoms with Crippen LogP contribution >= 0.6 is 0 Å². The smallest absolute Gasteiger partial charge is 0.0628 e. The van der Waals surface area contributed by atoms with Gasteiger partial charge in [-0.25, -0.2) is 0 Å². The van der Waals surface area contributed by atoms with Crippen molar-refractivity contribution in [1.29, 1.82) is 0 Å². The molecule has 0 saturated heterocycles. The summed E-state index contributed by atoms with van der Waals surface area (Å²) in [6, 6.07) is 4.05. The summed E-state index contributed by atoms with van der Waals surface area (Å²) >= 11 is 0. The second kappa shape index (κ2) is 3.16. The molecule has 0 saturated carbocycles. The average molecular weight is 133 g/mol. The molecule has 0 N–H and O–H groups in total. The van der Waals surface area contributed by atoms with Crippen molar-refractivity contribution in [2.75, 3.05) is 0 Å². The second-order valence-corrected chi connectivity index (χ2v) is 2.26. The molecule has 0 aliphatic rings. The lowest BCUT2D eigenvalue weighted by molar-refractivity contribution is 1.26. The zero-order valence-corrected chi connectivity index (χ0v) is 6.33. The predicted molar refractivity (Wildman–Crippen MR) is 43.7 cm³/mol. The van der Waals surface area contributed by atoms with Crippen LogP contribution in [0.15, 0.2) is 24.4 Å². The standard InChI is InChI=1S/C9H11N/c1-3-4-9-7-8(2)5-6-10-9/h3-7H,1-2H3/b4-3+. The van der Waals surface area contributed by atoms with Gasteiger partial charge in [0.1, 0.15) is 0 Å². The van der Waals surface area contributed by atoms with Gasteiger partial charge in [-0.15, -0.1) is 0 Å². The Morgan fingerprint density at radius 1 is 1.50 bits per heavy atom. The topological polar surface area (TPSA) is 12.9 Å². The summed E-state index contributed by atoms with van der Waals surface area (Å²) in [6.45, 7) is 4.05. The zero-order chi connectivity index (χ0) is 7.40. The Morgan fingerprint density at radius 2 is 2.30 bits per heavy atom. The Bertz CT molecular complexity index is 238. The molecule has 1 rings (SSSR count). The van der Waals surface area contributed by atoms with Crippen LogP contribution in [0.2, 0.25) is 0 Å². The maximum Gasteiger partial charge on any atom is 0.0628 e. The Labute approximate surface area is 61.4 Å². The quantitative estimate of drug-likeness (QED) is 0.573. The molecule has 52 valence electrons. The van der Waals surface area contributed by atoms with E-state index in [4.69, 9.17) is 0 Å². The van der Waals surface area contributed by atoms with Crippen LogP contribution in [0.25, 0.3) is 6.08 Å². The van der Waals surface area contributed by atoms with E-state index in [1.54, 1.807) is 0 Å². The lowest BCUT2D eigenvalue weighted by atomic mass is 10.2. The molecular formula is C9H11N. The van der Waals surface area contributed by atoms with E-state index in [0.29, 0.717) is 0 Å². The lowest BCUT2D eigenvalue weighted by Gasteiger charge is -1.92. The third-order valence-electron chi connectivity index (χ3n) is 1.27. The number of pyridine rings is 1. The first kappa shape index (κ1) is 7.00. The molecule has 0 unspecified atom stereocenters. The highest BCUT2D eigenvalue weighted by atomic mass is 14.6. The Kier molecular flexibility index (Phi) is 2.21. The molecule has 1 heterocycles. The molecule has 0 spiro atoms. The van der Waals surface area contributed by atoms with Gasteiger partial charge in [-0.05, 0) is 37.6 Å². The van der Waals surface area contributed by atoms with Gasteiger partial charge in [-0.2, -0.15) is 0 Å². The first-order chi connectivity index (χ1) is 4.83. The molecule has 1 aromatic heterocycles. The van der Waals surface area contributed by atoms with Crippen LogP contribution in [-0.2, 0) is 0 Å². The Hall–Kier alpha value is -1.11. The third kappa shape index (κ3) is 1.69. The van der Waals surface area contributed by atoms with Crippen molar-refractivity contribution < 1.29 is 0 Å². The van der Waals surface area contributed by atoms with E-state index in [9.17, 15) is 0 Å². The number of hydrogen-bond donors (Lipinski definition) is 0. The van der Waals surface area contributed by atoms with Gasteiger partial charge in [0.05, 0.1) is 5.69 Å². The van der Waals surface area contributed by atoms with Crippen LogP contribution in [-0.4, -0.2) is 4.98 Å². The van der Waals surface area contributed by atoms with Gasteiger partial charge in [-0.3, -0.25) is 4.98 Å². The van der Waals surface area contributed by atoms with Crippen molar-refractivity contribution >= 4 is 6.08 Å². The maximum absolute atomic E-state index is 4.14. The summed E-state index contributed by atoms with van der Waals surface area (Å²) in [7, 11) is 0. The first-order valence-corrected chi connectivity index (χ1v) is 3.38. The van der Waals surface area contributed by atoms with E-state index in [2.05, 4.69) is 18.0 Å². The van der Waals surface area contributed by atoms with E-state index in [1.807, 2.05) is 31.3 Å². The Balaban J connectivity index is 2.95. The number of rotatable bonds is 1. The monoisotopic (exact) mass is 133 g/mol. The number of aryl methyl sites for hydroxylation is 1. The van der Waals surface area contributed by atoms with Gasteiger partial charge < -0.3 is 0 Å². The maximum atomic E-state index is 4.14. The number of nitrogens with zero attached hydrogens (tertiary/aromatic N) is 1. The summed E-state index contributed by atoms with van der Waals surface area (Å²) in [5.74, 6) is 0. The van der Waals surface area contributed by atoms with Gasteiger partial charge in [0.2, 0.25) is 0 Å². The normalized spacial score (nSPS) is 10.6. The predicted octanol–water partition coefficient (Wildman–Crippen LogP) is 2.42. The van der Waals surface area contributed by atoms with Crippen LogP contribution in [0.3, 0.4) is 0 Å². The fourth-order valence-electron chi connectivity index (χ4n) is 0.821. The van der Waals surface area contributed by atoms with Crippen LogP contribution in [0.5, 0.6) is 0 Å². The summed E-state index contributed by atoms with van der Waals surface area (Å²) < 4.78 is 0. The van der Waals surface area contributed by atoms with Crippen molar-refractivity contribution in [3.05, 3.63) is 35.7 Å². The minimum atomic E-state index is 1.03. The van der Waals surface area contributed by atoms with E-state index in [0.717, 1.165) is 5.69 Å². The van der Waals surface area contributed by atoms with Crippen molar-refractivity contribution in [1.82, 2.24) is 4.98 Å². The van der Waals surface area contributed by atoms with Crippen molar-refractivity contribution in [3.63, 3.8) is 0 Å². The summed E-state index contributed by atoms with van der Waals surface area (Å²) in [4.78, 5) is 4.14. The summed E-state index contributed by atoms with van der Waals surface area (Å²) in [6.07, 6.45) is 5.80. The SMILES string of the molecule is C/C=C/c1cc(C)ccn1. The second-order valence-electron chi connectivity index (χ2n) is 2.26. The molecular weight excluding hydrogens is 122 g/mol. The lowest BCUT2D eigenvalue weighted by Crippen LogP contribution is -1.79. The fraction of sp³-hybridized carbons (Fsp3) is 0.222. The van der Waals surface area contributed by atoms with Crippen molar-refractivity contribution in [2.24, 2.45) is 0 Å². The van der Waals surface area contributed by atoms with E-state index >= 15 is 0 Å². The number of aromatic nitrogens is 1. The van der Waals surface area contributed by atoms with Gasteiger partial charge in [-0.1, -0.05) is 6.08 Å². The van der Waals surface area contributed by atoms with Crippen molar-refractivity contribution in [3.8, 4) is 0 Å². The van der Waals surface area contributed by atoms with Gasteiger partial charge >= 0.3 is 0 Å². The minimum absolute atomic E-state index is 1.03. The molecule has 0 amide bonds. The molecule has 0 fully saturated rings. The minimum Gasteiger partial charge on any atom is -0.257 e.